The molecular formula is C39H47N3O6S. The minimum Gasteiger partial charge on any atom is -0.493 e. The average molecular weight is 686 g/mol. The molecule has 0 unspecified atom stereocenters. The molecule has 0 heterocycles. The quantitative estimate of drug-likeness (QED) is 0.175. The maximum atomic E-state index is 14.8. The van der Waals surface area contributed by atoms with Crippen molar-refractivity contribution < 1.29 is 27.5 Å². The van der Waals surface area contributed by atoms with E-state index >= 15 is 0 Å². The molecule has 0 aliphatic rings. The van der Waals surface area contributed by atoms with Gasteiger partial charge < -0.3 is 19.7 Å². The Morgan fingerprint density at radius 2 is 1.39 bits per heavy atom. The monoisotopic (exact) mass is 685 g/mol. The van der Waals surface area contributed by atoms with Gasteiger partial charge in [-0.15, -0.1) is 0 Å². The molecule has 10 heteroatoms. The van der Waals surface area contributed by atoms with E-state index in [-0.39, 0.29) is 29.5 Å². The minimum atomic E-state index is -4.34. The summed E-state index contributed by atoms with van der Waals surface area (Å²) in [6.45, 7) is 10.9. The molecule has 0 aliphatic heterocycles. The molecule has 0 aliphatic carbocycles. The summed E-state index contributed by atoms with van der Waals surface area (Å²) in [6, 6.07) is 26.0. The van der Waals surface area contributed by atoms with Crippen LogP contribution in [0.2, 0.25) is 0 Å². The summed E-state index contributed by atoms with van der Waals surface area (Å²) in [6.07, 6.45) is 0.228. The van der Waals surface area contributed by atoms with E-state index in [4.69, 9.17) is 9.47 Å². The smallest absolute Gasteiger partial charge is 0.264 e. The molecular weight excluding hydrogens is 639 g/mol. The Balaban J connectivity index is 1.87. The van der Waals surface area contributed by atoms with Gasteiger partial charge in [0, 0.05) is 24.6 Å². The first-order valence-corrected chi connectivity index (χ1v) is 17.6. The first-order valence-electron chi connectivity index (χ1n) is 16.2. The van der Waals surface area contributed by atoms with Gasteiger partial charge >= 0.3 is 0 Å². The van der Waals surface area contributed by atoms with Crippen LogP contribution in [0.25, 0.3) is 0 Å². The molecule has 0 aromatic heterocycles. The van der Waals surface area contributed by atoms with Gasteiger partial charge in [0.25, 0.3) is 10.0 Å². The number of rotatable bonds is 13. The van der Waals surface area contributed by atoms with Crippen LogP contribution in [-0.2, 0) is 32.6 Å². The van der Waals surface area contributed by atoms with Crippen molar-refractivity contribution in [1.29, 1.82) is 0 Å². The van der Waals surface area contributed by atoms with Crippen molar-refractivity contribution in [1.82, 2.24) is 10.2 Å². The second kappa shape index (κ2) is 15.6. The summed E-state index contributed by atoms with van der Waals surface area (Å²) in [5.41, 5.74) is 4.09. The standard InChI is InChI=1S/C39H47N3O6S/c1-27-13-12-16-31(20-27)25-41(34(38(44)40-39(4,5)6)23-30-14-10-9-11-15-30)37(43)26-42(32-21-28(2)19-29(3)22-32)49(45,46)33-17-18-35(47-7)36(24-33)48-8/h9-22,24,34H,23,25-26H2,1-8H3,(H,40,44)/t34-/m0/s1. The minimum absolute atomic E-state index is 0.0753. The number of amides is 2. The maximum Gasteiger partial charge on any atom is 0.264 e. The Bertz CT molecular complexity index is 1870. The van der Waals surface area contributed by atoms with E-state index < -0.39 is 34.1 Å². The summed E-state index contributed by atoms with van der Waals surface area (Å²) in [5, 5.41) is 3.06. The van der Waals surface area contributed by atoms with Gasteiger partial charge in [-0.05, 0) is 88.1 Å². The summed E-state index contributed by atoms with van der Waals surface area (Å²) in [5.74, 6) is -0.265. The molecule has 9 nitrogen and oxygen atoms in total. The Morgan fingerprint density at radius 1 is 0.755 bits per heavy atom. The zero-order valence-electron chi connectivity index (χ0n) is 29.6. The molecule has 0 radical (unpaired) electrons. The zero-order chi connectivity index (χ0) is 35.9. The van der Waals surface area contributed by atoms with Crippen LogP contribution in [0.3, 0.4) is 0 Å². The molecule has 0 fully saturated rings. The molecule has 4 rings (SSSR count). The van der Waals surface area contributed by atoms with Crippen LogP contribution in [0.15, 0.2) is 95.9 Å². The molecule has 1 atom stereocenters. The Morgan fingerprint density at radius 3 is 1.98 bits per heavy atom. The van der Waals surface area contributed by atoms with Gasteiger partial charge in [-0.25, -0.2) is 8.42 Å². The van der Waals surface area contributed by atoms with Crippen LogP contribution in [0, 0.1) is 20.8 Å². The Labute approximate surface area is 290 Å². The van der Waals surface area contributed by atoms with E-state index in [1.54, 1.807) is 12.1 Å². The van der Waals surface area contributed by atoms with E-state index in [0.717, 1.165) is 32.1 Å². The zero-order valence-corrected chi connectivity index (χ0v) is 30.4. The van der Waals surface area contributed by atoms with Crippen molar-refractivity contribution in [2.45, 2.75) is 71.0 Å². The largest absolute Gasteiger partial charge is 0.493 e. The van der Waals surface area contributed by atoms with Gasteiger partial charge in [-0.1, -0.05) is 66.2 Å². The lowest BCUT2D eigenvalue weighted by Crippen LogP contribution is -2.56. The molecule has 4 aromatic rings. The fourth-order valence-corrected chi connectivity index (χ4v) is 7.16. The first kappa shape index (κ1) is 37.0. The molecule has 4 aromatic carbocycles. The lowest BCUT2D eigenvalue weighted by Gasteiger charge is -2.35. The third-order valence-electron chi connectivity index (χ3n) is 7.92. The predicted molar refractivity (Wildman–Crippen MR) is 194 cm³/mol. The van der Waals surface area contributed by atoms with Crippen LogP contribution in [0.5, 0.6) is 11.5 Å². The lowest BCUT2D eigenvalue weighted by atomic mass is 10.0. The number of nitrogens with zero attached hydrogens (tertiary/aromatic N) is 2. The number of hydrogen-bond donors (Lipinski definition) is 1. The highest BCUT2D eigenvalue weighted by Gasteiger charge is 2.36. The number of anilines is 1. The maximum absolute atomic E-state index is 14.8. The van der Waals surface area contributed by atoms with Crippen LogP contribution < -0.4 is 19.1 Å². The van der Waals surface area contributed by atoms with Gasteiger partial charge in [-0.2, -0.15) is 0 Å². The number of aryl methyl sites for hydroxylation is 3. The normalized spacial score (nSPS) is 12.2. The van der Waals surface area contributed by atoms with Gasteiger partial charge in [0.05, 0.1) is 24.8 Å². The van der Waals surface area contributed by atoms with Crippen LogP contribution >= 0.6 is 0 Å². The van der Waals surface area contributed by atoms with Crippen molar-refractivity contribution >= 4 is 27.5 Å². The molecule has 0 saturated heterocycles. The number of sulfonamides is 1. The highest BCUT2D eigenvalue weighted by Crippen LogP contribution is 2.33. The topological polar surface area (TPSA) is 105 Å². The number of ether oxygens (including phenoxy) is 2. The number of hydrogen-bond acceptors (Lipinski definition) is 6. The van der Waals surface area contributed by atoms with E-state index in [9.17, 15) is 18.0 Å². The molecule has 0 spiro atoms. The summed E-state index contributed by atoms with van der Waals surface area (Å²) in [4.78, 5) is 30.3. The molecule has 0 saturated carbocycles. The van der Waals surface area contributed by atoms with E-state index in [2.05, 4.69) is 5.32 Å². The van der Waals surface area contributed by atoms with Gasteiger partial charge in [0.2, 0.25) is 11.8 Å². The number of methoxy groups -OCH3 is 2. The summed E-state index contributed by atoms with van der Waals surface area (Å²) in [7, 11) is -1.44. The van der Waals surface area contributed by atoms with Crippen LogP contribution in [-0.4, -0.2) is 57.5 Å². The van der Waals surface area contributed by atoms with Crippen LogP contribution in [0.4, 0.5) is 5.69 Å². The first-order chi connectivity index (χ1) is 23.1. The lowest BCUT2D eigenvalue weighted by molar-refractivity contribution is -0.140. The fraction of sp³-hybridized carbons (Fsp3) is 0.333. The average Bonchev–Trinajstić information content (AvgIpc) is 3.03. The Kier molecular flexibility index (Phi) is 11.8. The van der Waals surface area contributed by atoms with Crippen molar-refractivity contribution in [2.75, 3.05) is 25.1 Å². The summed E-state index contributed by atoms with van der Waals surface area (Å²) < 4.78 is 41.0. The molecule has 260 valence electrons. The van der Waals surface area contributed by atoms with E-state index in [1.807, 2.05) is 102 Å². The highest BCUT2D eigenvalue weighted by atomic mass is 32.2. The van der Waals surface area contributed by atoms with Crippen molar-refractivity contribution in [3.8, 4) is 11.5 Å². The van der Waals surface area contributed by atoms with Crippen LogP contribution in [0.1, 0.15) is 48.6 Å². The molecule has 1 N–H and O–H groups in total. The SMILES string of the molecule is COc1ccc(S(=O)(=O)N(CC(=O)N(Cc2cccc(C)c2)[C@@H](Cc2ccccc2)C(=O)NC(C)(C)C)c2cc(C)cc(C)c2)cc1OC. The number of carbonyl (C=O) groups is 2. The second-order valence-corrected chi connectivity index (χ2v) is 15.2. The van der Waals surface area contributed by atoms with E-state index in [0.29, 0.717) is 11.4 Å². The third-order valence-corrected chi connectivity index (χ3v) is 9.69. The van der Waals surface area contributed by atoms with Gasteiger partial charge in [-0.3, -0.25) is 13.9 Å². The predicted octanol–water partition coefficient (Wildman–Crippen LogP) is 6.38. The van der Waals surface area contributed by atoms with Gasteiger partial charge in [0.1, 0.15) is 12.6 Å². The molecule has 2 amide bonds. The third kappa shape index (κ3) is 9.63. The fourth-order valence-electron chi connectivity index (χ4n) is 5.74. The van der Waals surface area contributed by atoms with Crippen molar-refractivity contribution in [3.63, 3.8) is 0 Å². The Hall–Kier alpha value is -4.83. The molecule has 49 heavy (non-hydrogen) atoms. The highest BCUT2D eigenvalue weighted by molar-refractivity contribution is 7.92. The number of benzene rings is 4. The molecule has 0 bridgehead atoms. The number of carbonyl (C=O) groups excluding carboxylic acids is 2. The van der Waals surface area contributed by atoms with Crippen molar-refractivity contribution in [3.05, 3.63) is 119 Å². The summed E-state index contributed by atoms with van der Waals surface area (Å²) >= 11 is 0. The number of nitrogens with one attached hydrogen (secondary N) is 1. The van der Waals surface area contributed by atoms with Gasteiger partial charge in [0.15, 0.2) is 11.5 Å². The van der Waals surface area contributed by atoms with Crippen molar-refractivity contribution in [2.24, 2.45) is 0 Å². The second-order valence-electron chi connectivity index (χ2n) is 13.3. The van der Waals surface area contributed by atoms with E-state index in [1.165, 1.54) is 37.3 Å².